The molecule has 0 amide bonds. The number of amidine groups is 1. The smallest absolute Gasteiger partial charge is 0.338 e. The van der Waals surface area contributed by atoms with Gasteiger partial charge in [0.25, 0.3) is 5.92 Å². The predicted octanol–water partition coefficient (Wildman–Crippen LogP) is 2.27. The number of ether oxygens (including phenoxy) is 1. The third-order valence-corrected chi connectivity index (χ3v) is 8.33. The first-order chi connectivity index (χ1) is 19.8. The summed E-state index contributed by atoms with van der Waals surface area (Å²) in [6, 6.07) is 0.968. The summed E-state index contributed by atoms with van der Waals surface area (Å²) in [6.45, 7) is 2.44. The van der Waals surface area contributed by atoms with E-state index in [9.17, 15) is 24.2 Å². The minimum Gasteiger partial charge on any atom is -0.479 e. The summed E-state index contributed by atoms with van der Waals surface area (Å²) in [7, 11) is 0. The summed E-state index contributed by atoms with van der Waals surface area (Å²) in [6.07, 6.45) is 1.57. The van der Waals surface area contributed by atoms with Crippen molar-refractivity contribution in [1.29, 1.82) is 0 Å². The van der Waals surface area contributed by atoms with Crippen LogP contribution in [0.1, 0.15) is 36.0 Å². The number of carbonyl (C=O) groups excluding carboxylic acids is 1. The molecule has 0 aliphatic carbocycles. The monoisotopic (exact) mass is 609 g/mol. The molecular weight excluding hydrogens is 579 g/mol. The van der Waals surface area contributed by atoms with Crippen molar-refractivity contribution < 1.29 is 42.5 Å². The SMILES string of the molecule is CCOC(=O)C1=C(CN2CC(F)(F)[C@@H]3[C@H]2CON3C[C@@](C)(O)C(=O)O)NC(c2nccs2)=N[C@H]1c1cccc(F)c1C. The Hall–Kier alpha value is -3.37. The number of carboxylic acid groups (broad SMARTS) is 1. The topological polar surface area (TPSA) is 137 Å². The number of aliphatic carboxylic acids is 1. The molecule has 15 heteroatoms. The minimum absolute atomic E-state index is 0.0340. The maximum atomic E-state index is 15.5. The first-order valence-corrected chi connectivity index (χ1v) is 14.1. The molecule has 3 aliphatic heterocycles. The highest BCUT2D eigenvalue weighted by molar-refractivity contribution is 7.11. The summed E-state index contributed by atoms with van der Waals surface area (Å²) >= 11 is 1.27. The second-order valence-electron chi connectivity index (χ2n) is 10.5. The van der Waals surface area contributed by atoms with Crippen molar-refractivity contribution in [2.75, 3.05) is 32.8 Å². The number of esters is 1. The molecule has 3 N–H and O–H groups in total. The molecule has 1 aromatic heterocycles. The van der Waals surface area contributed by atoms with Crippen LogP contribution in [0.5, 0.6) is 0 Å². The normalized spacial score (nSPS) is 25.5. The first kappa shape index (κ1) is 30.1. The highest BCUT2D eigenvalue weighted by Gasteiger charge is 2.61. The Kier molecular flexibility index (Phi) is 8.15. The van der Waals surface area contributed by atoms with Crippen LogP contribution < -0.4 is 5.32 Å². The van der Waals surface area contributed by atoms with Gasteiger partial charge >= 0.3 is 11.9 Å². The number of alkyl halides is 2. The third-order valence-electron chi connectivity index (χ3n) is 7.55. The highest BCUT2D eigenvalue weighted by Crippen LogP contribution is 2.42. The van der Waals surface area contributed by atoms with Crippen molar-refractivity contribution in [2.24, 2.45) is 4.99 Å². The lowest BCUT2D eigenvalue weighted by atomic mass is 9.92. The maximum Gasteiger partial charge on any atom is 0.338 e. The number of nitrogens with zero attached hydrogens (tertiary/aromatic N) is 4. The van der Waals surface area contributed by atoms with Gasteiger partial charge in [-0.1, -0.05) is 12.1 Å². The van der Waals surface area contributed by atoms with Crippen molar-refractivity contribution in [2.45, 2.75) is 50.4 Å². The Morgan fingerprint density at radius 1 is 1.36 bits per heavy atom. The summed E-state index contributed by atoms with van der Waals surface area (Å²) in [5.41, 5.74) is -1.37. The quantitative estimate of drug-likeness (QED) is 0.363. The van der Waals surface area contributed by atoms with Crippen LogP contribution in [0.15, 0.2) is 46.0 Å². The van der Waals surface area contributed by atoms with E-state index in [-0.39, 0.29) is 42.4 Å². The van der Waals surface area contributed by atoms with Crippen LogP contribution in [-0.4, -0.2) is 99.4 Å². The first-order valence-electron chi connectivity index (χ1n) is 13.2. The van der Waals surface area contributed by atoms with Gasteiger partial charge in [0.15, 0.2) is 16.4 Å². The van der Waals surface area contributed by atoms with Crippen molar-refractivity contribution in [1.82, 2.24) is 20.3 Å². The van der Waals surface area contributed by atoms with E-state index in [0.29, 0.717) is 10.6 Å². The van der Waals surface area contributed by atoms with Gasteiger partial charge in [-0.05, 0) is 38.0 Å². The Morgan fingerprint density at radius 2 is 2.12 bits per heavy atom. The Labute approximate surface area is 243 Å². The lowest BCUT2D eigenvalue weighted by Crippen LogP contribution is -2.53. The molecule has 1 aromatic carbocycles. The number of likely N-dealkylation sites (tertiary alicyclic amines) is 1. The van der Waals surface area contributed by atoms with Crippen LogP contribution >= 0.6 is 11.3 Å². The van der Waals surface area contributed by atoms with Crippen molar-refractivity contribution in [3.8, 4) is 0 Å². The number of β-amino-alcohol motifs (C(OH)–C–C–N with tert-alkyl or cyclic N) is 1. The molecule has 11 nitrogen and oxygen atoms in total. The number of hydrogen-bond acceptors (Lipinski definition) is 11. The van der Waals surface area contributed by atoms with Gasteiger partial charge in [-0.25, -0.2) is 27.7 Å². The fourth-order valence-electron chi connectivity index (χ4n) is 5.47. The lowest BCUT2D eigenvalue weighted by Gasteiger charge is -2.31. The van der Waals surface area contributed by atoms with E-state index in [1.165, 1.54) is 28.4 Å². The number of hydroxylamine groups is 2. The van der Waals surface area contributed by atoms with Gasteiger partial charge in [0.05, 0.1) is 37.9 Å². The number of nitrogens with one attached hydrogen (secondary N) is 1. The average Bonchev–Trinajstić information content (AvgIpc) is 3.65. The molecule has 42 heavy (non-hydrogen) atoms. The van der Waals surface area contributed by atoms with Crippen LogP contribution in [0.25, 0.3) is 0 Å². The number of hydrogen-bond donors (Lipinski definition) is 3. The number of rotatable bonds is 9. The number of aliphatic hydroxyl groups is 1. The summed E-state index contributed by atoms with van der Waals surface area (Å²) in [4.78, 5) is 40.7. The molecule has 0 radical (unpaired) electrons. The van der Waals surface area contributed by atoms with E-state index in [1.807, 2.05) is 0 Å². The average molecular weight is 610 g/mol. The van der Waals surface area contributed by atoms with Crippen molar-refractivity contribution in [3.05, 3.63) is 63.0 Å². The summed E-state index contributed by atoms with van der Waals surface area (Å²) in [5.74, 6) is -5.87. The molecule has 2 fully saturated rings. The summed E-state index contributed by atoms with van der Waals surface area (Å²) in [5, 5.41) is 25.7. The fourth-order valence-corrected chi connectivity index (χ4v) is 6.06. The zero-order valence-corrected chi connectivity index (χ0v) is 23.8. The van der Waals surface area contributed by atoms with Gasteiger partial charge in [-0.15, -0.1) is 11.3 Å². The van der Waals surface area contributed by atoms with Crippen molar-refractivity contribution >= 4 is 29.1 Å². The number of carboxylic acids is 1. The molecule has 5 rings (SSSR count). The van der Waals surface area contributed by atoms with Gasteiger partial charge in [-0.2, -0.15) is 5.06 Å². The molecule has 3 aliphatic rings. The zero-order valence-electron chi connectivity index (χ0n) is 23.0. The van der Waals surface area contributed by atoms with E-state index in [2.05, 4.69) is 10.3 Å². The molecule has 0 spiro atoms. The molecule has 2 saturated heterocycles. The third kappa shape index (κ3) is 5.54. The minimum atomic E-state index is -3.35. The molecule has 4 atom stereocenters. The van der Waals surface area contributed by atoms with Gasteiger partial charge < -0.3 is 20.3 Å². The van der Waals surface area contributed by atoms with E-state index >= 15 is 8.78 Å². The second-order valence-corrected chi connectivity index (χ2v) is 11.4. The summed E-state index contributed by atoms with van der Waals surface area (Å²) < 4.78 is 50.9. The molecule has 0 saturated carbocycles. The molecule has 0 bridgehead atoms. The van der Waals surface area contributed by atoms with Crippen LogP contribution in [0.4, 0.5) is 13.2 Å². The van der Waals surface area contributed by atoms with E-state index in [4.69, 9.17) is 14.6 Å². The molecule has 0 unspecified atom stereocenters. The number of thiazole rings is 1. The Morgan fingerprint density at radius 3 is 2.79 bits per heavy atom. The van der Waals surface area contributed by atoms with Crippen LogP contribution in [0.3, 0.4) is 0 Å². The number of fused-ring (bicyclic) bond motifs is 1. The van der Waals surface area contributed by atoms with Gasteiger partial charge in [0.2, 0.25) is 0 Å². The van der Waals surface area contributed by atoms with Gasteiger partial charge in [0.1, 0.15) is 17.9 Å². The van der Waals surface area contributed by atoms with Crippen molar-refractivity contribution in [3.63, 3.8) is 0 Å². The molecule has 226 valence electrons. The predicted molar refractivity (Wildman–Crippen MR) is 144 cm³/mol. The molecule has 2 aromatic rings. The van der Waals surface area contributed by atoms with Crippen LogP contribution in [0.2, 0.25) is 0 Å². The van der Waals surface area contributed by atoms with Crippen LogP contribution in [0, 0.1) is 12.7 Å². The second kappa shape index (κ2) is 11.4. The lowest BCUT2D eigenvalue weighted by molar-refractivity contribution is -0.210. The van der Waals surface area contributed by atoms with Crippen LogP contribution in [-0.2, 0) is 19.2 Å². The fraction of sp³-hybridized carbons (Fsp3) is 0.481. The number of halogens is 3. The number of aromatic nitrogens is 1. The number of carbonyl (C=O) groups is 2. The van der Waals surface area contributed by atoms with E-state index in [1.54, 1.807) is 31.5 Å². The maximum absolute atomic E-state index is 15.5. The zero-order chi connectivity index (χ0) is 30.4. The largest absolute Gasteiger partial charge is 0.479 e. The molecular formula is C27H30F3N5O6S. The number of aliphatic imine (C=N–C) groups is 1. The Bertz CT molecular complexity index is 1430. The van der Waals surface area contributed by atoms with Gasteiger partial charge in [0, 0.05) is 23.8 Å². The van der Waals surface area contributed by atoms with E-state index < -0.39 is 60.5 Å². The number of benzene rings is 1. The molecule has 4 heterocycles. The van der Waals surface area contributed by atoms with E-state index in [0.717, 1.165) is 12.0 Å². The van der Waals surface area contributed by atoms with Gasteiger partial charge in [-0.3, -0.25) is 14.7 Å². The Balaban J connectivity index is 1.55. The standard InChI is InChI=1S/C27H30F3N5O6S/c1-4-40-24(36)19-17(10-34-13-27(29,30)21-18(34)11-41-35(21)12-26(3,39)25(37)38)32-22(23-31-8-9-42-23)33-20(19)15-6-5-7-16(28)14(15)2/h5-9,18,20-21,39H,4,10-13H2,1-3H3,(H,32,33)(H,37,38)/t18-,20+,21+,26-/m1/s1. The highest BCUT2D eigenvalue weighted by atomic mass is 32.1.